The summed E-state index contributed by atoms with van der Waals surface area (Å²) in [5.41, 5.74) is 2.91. The Labute approximate surface area is 148 Å². The van der Waals surface area contributed by atoms with Crippen molar-refractivity contribution in [3.05, 3.63) is 53.9 Å². The number of hydrogen-bond donors (Lipinski definition) is 0. The molecule has 1 aliphatic heterocycles. The Balaban J connectivity index is 1.71. The minimum Gasteiger partial charge on any atom is -0.394 e. The van der Waals surface area contributed by atoms with E-state index in [1.807, 2.05) is 0 Å². The van der Waals surface area contributed by atoms with E-state index >= 15 is 0 Å². The third-order valence-corrected chi connectivity index (χ3v) is 6.92. The summed E-state index contributed by atoms with van der Waals surface area (Å²) in [5, 5.41) is 0. The van der Waals surface area contributed by atoms with Crippen LogP contribution in [0.2, 0.25) is 19.0 Å². The van der Waals surface area contributed by atoms with Crippen molar-refractivity contribution in [2.24, 2.45) is 0 Å². The fraction of sp³-hybridized carbons (Fsp3) is 0.524. The van der Waals surface area contributed by atoms with Gasteiger partial charge < -0.3 is 9.80 Å². The Kier molecular flexibility index (Phi) is 5.08. The van der Waals surface area contributed by atoms with Gasteiger partial charge in [0.15, 0.2) is 0 Å². The molecule has 3 rings (SSSR count). The van der Waals surface area contributed by atoms with Crippen LogP contribution in [0.3, 0.4) is 0 Å². The summed E-state index contributed by atoms with van der Waals surface area (Å²) < 4.78 is 0. The maximum Gasteiger partial charge on any atom is 0.0457 e. The second kappa shape index (κ2) is 7.08. The van der Waals surface area contributed by atoms with Gasteiger partial charge in [-0.05, 0) is 23.6 Å². The first-order valence-electron chi connectivity index (χ1n) is 9.79. The number of hydrogen-bond acceptors (Lipinski definition) is 2. The summed E-state index contributed by atoms with van der Waals surface area (Å²) in [6.07, 6.45) is 14.0. The minimum absolute atomic E-state index is 0.372. The molecule has 1 aromatic rings. The second-order valence-electron chi connectivity index (χ2n) is 7.80. The van der Waals surface area contributed by atoms with Gasteiger partial charge in [-0.1, -0.05) is 57.2 Å². The molecule has 2 atom stereocenters. The van der Waals surface area contributed by atoms with Crippen LogP contribution in [-0.2, 0) is 0 Å². The van der Waals surface area contributed by atoms with Crippen LogP contribution in [-0.4, -0.2) is 35.6 Å². The second-order valence-corrected chi connectivity index (χ2v) is 7.80. The van der Waals surface area contributed by atoms with Crippen LogP contribution < -0.4 is 0 Å². The Morgan fingerprint density at radius 1 is 1.00 bits per heavy atom. The monoisotopic (exact) mass is 323 g/mol. The summed E-state index contributed by atoms with van der Waals surface area (Å²) in [4.78, 5) is 5.07. The topological polar surface area (TPSA) is 6.48 Å². The molecule has 0 spiro atoms. The van der Waals surface area contributed by atoms with E-state index in [0.717, 1.165) is 6.54 Å². The Hall–Kier alpha value is -1.64. The molecule has 0 amide bonds. The van der Waals surface area contributed by atoms with Gasteiger partial charge in [-0.2, -0.15) is 19.0 Å². The third-order valence-electron chi connectivity index (χ3n) is 6.92. The predicted octanol–water partition coefficient (Wildman–Crippen LogP) is 5.28. The third kappa shape index (κ3) is 2.89. The van der Waals surface area contributed by atoms with Crippen LogP contribution in [0.5, 0.6) is 0 Å². The number of rotatable bonds is 7. The molecule has 0 aromatic heterocycles. The number of nitrogens with zero attached hydrogens (tertiary/aromatic N) is 2. The maximum atomic E-state index is 2.62. The molecular weight excluding hydrogens is 291 g/mol. The Morgan fingerprint density at radius 3 is 2.42 bits per heavy atom. The first kappa shape index (κ1) is 17.2. The zero-order valence-electron chi connectivity index (χ0n) is 15.8. The van der Waals surface area contributed by atoms with E-state index in [-0.39, 0.29) is 6.15 Å². The summed E-state index contributed by atoms with van der Waals surface area (Å²) >= 11 is 0. The van der Waals surface area contributed by atoms with Gasteiger partial charge in [-0.15, -0.1) is 0 Å². The van der Waals surface area contributed by atoms with Gasteiger partial charge in [0.25, 0.3) is 0 Å². The lowest BCUT2D eigenvalue weighted by molar-refractivity contribution is 0.236. The molecule has 2 unspecified atom stereocenters. The largest absolute Gasteiger partial charge is 0.394 e. The standard InChI is InChI=1S/C21H32BN2/c1-5-22(6-2,7-3)21-23(4)16-17-24(21)15-14-19-13-12-18-10-8-9-11-20(18)19/h8-13,16-17,19,21H,5-7,14-15H2,1-4H3/q-1. The van der Waals surface area contributed by atoms with Gasteiger partial charge in [0.05, 0.1) is 0 Å². The lowest BCUT2D eigenvalue weighted by Crippen LogP contribution is -2.58. The van der Waals surface area contributed by atoms with E-state index < -0.39 is 0 Å². The van der Waals surface area contributed by atoms with Crippen LogP contribution in [0.15, 0.2) is 42.7 Å². The zero-order valence-corrected chi connectivity index (χ0v) is 15.8. The number of benzene rings is 1. The number of allylic oxidation sites excluding steroid dienone is 1. The van der Waals surface area contributed by atoms with Crippen molar-refractivity contribution >= 4 is 12.2 Å². The summed E-state index contributed by atoms with van der Waals surface area (Å²) in [7, 11) is 2.25. The molecule has 2 nitrogen and oxygen atoms in total. The van der Waals surface area contributed by atoms with Crippen molar-refractivity contribution in [2.45, 2.75) is 58.1 Å². The van der Waals surface area contributed by atoms with E-state index in [1.54, 1.807) is 0 Å². The summed E-state index contributed by atoms with van der Waals surface area (Å²) in [6, 6.07) is 9.40. The van der Waals surface area contributed by atoms with Crippen molar-refractivity contribution in [3.8, 4) is 0 Å². The molecule has 1 heterocycles. The molecule has 0 bridgehead atoms. The smallest absolute Gasteiger partial charge is 0.0457 e. The van der Waals surface area contributed by atoms with Crippen molar-refractivity contribution in [1.82, 2.24) is 9.80 Å². The highest BCUT2D eigenvalue weighted by atomic mass is 15.4. The van der Waals surface area contributed by atoms with Gasteiger partial charge >= 0.3 is 0 Å². The highest BCUT2D eigenvalue weighted by Gasteiger charge is 2.36. The molecule has 2 aliphatic rings. The molecule has 1 aromatic carbocycles. The van der Waals surface area contributed by atoms with E-state index in [9.17, 15) is 0 Å². The minimum atomic E-state index is -0.372. The summed E-state index contributed by atoms with van der Waals surface area (Å²) in [6.45, 7) is 8.28. The lowest BCUT2D eigenvalue weighted by Gasteiger charge is -2.51. The molecule has 3 heteroatoms. The van der Waals surface area contributed by atoms with Crippen LogP contribution in [0.4, 0.5) is 0 Å². The fourth-order valence-electron chi connectivity index (χ4n) is 5.08. The molecule has 0 radical (unpaired) electrons. The van der Waals surface area contributed by atoms with Crippen molar-refractivity contribution < 1.29 is 0 Å². The Morgan fingerprint density at radius 2 is 1.71 bits per heavy atom. The molecule has 0 fully saturated rings. The van der Waals surface area contributed by atoms with E-state index in [0.29, 0.717) is 12.0 Å². The average molecular weight is 323 g/mol. The average Bonchev–Trinajstić information content (AvgIpc) is 3.20. The molecule has 24 heavy (non-hydrogen) atoms. The highest BCUT2D eigenvalue weighted by molar-refractivity contribution is 6.81. The summed E-state index contributed by atoms with van der Waals surface area (Å²) in [5.74, 6) is 0.577. The van der Waals surface area contributed by atoms with Gasteiger partial charge in [-0.25, -0.2) is 0 Å². The normalized spacial score (nSPS) is 22.5. The SMILES string of the molecule is CC[B-](CC)(CC)C1N(C)C=CN1CCC1C=Cc2ccccc21. The van der Waals surface area contributed by atoms with E-state index in [4.69, 9.17) is 0 Å². The van der Waals surface area contributed by atoms with Crippen LogP contribution >= 0.6 is 0 Å². The molecule has 0 saturated heterocycles. The van der Waals surface area contributed by atoms with Gasteiger partial charge in [0.1, 0.15) is 0 Å². The van der Waals surface area contributed by atoms with Gasteiger partial charge in [0, 0.05) is 38.1 Å². The molecule has 0 saturated carbocycles. The maximum absolute atomic E-state index is 2.62. The van der Waals surface area contributed by atoms with Crippen LogP contribution in [0.25, 0.3) is 6.08 Å². The molecule has 130 valence electrons. The predicted molar refractivity (Wildman–Crippen MR) is 107 cm³/mol. The number of fused-ring (bicyclic) bond motifs is 1. The molecule has 0 N–H and O–H groups in total. The van der Waals surface area contributed by atoms with Crippen LogP contribution in [0.1, 0.15) is 44.2 Å². The zero-order chi connectivity index (χ0) is 17.2. The van der Waals surface area contributed by atoms with Gasteiger partial charge in [0.2, 0.25) is 0 Å². The lowest BCUT2D eigenvalue weighted by atomic mass is 9.18. The fourth-order valence-corrected chi connectivity index (χ4v) is 5.08. The quantitative estimate of drug-likeness (QED) is 0.630. The van der Waals surface area contributed by atoms with Crippen molar-refractivity contribution in [3.63, 3.8) is 0 Å². The Bertz CT molecular complexity index is 610. The first-order valence-corrected chi connectivity index (χ1v) is 9.79. The van der Waals surface area contributed by atoms with Crippen molar-refractivity contribution in [1.29, 1.82) is 0 Å². The van der Waals surface area contributed by atoms with Crippen LogP contribution in [0, 0.1) is 0 Å². The highest BCUT2D eigenvalue weighted by Crippen LogP contribution is 2.36. The van der Waals surface area contributed by atoms with Gasteiger partial charge in [-0.3, -0.25) is 0 Å². The van der Waals surface area contributed by atoms with E-state index in [2.05, 4.69) is 86.4 Å². The molecular formula is C21H32BN2-. The first-order chi connectivity index (χ1) is 11.6. The van der Waals surface area contributed by atoms with Crippen molar-refractivity contribution in [2.75, 3.05) is 13.6 Å². The molecule has 1 aliphatic carbocycles. The van der Waals surface area contributed by atoms with E-state index in [1.165, 1.54) is 36.5 Å².